The summed E-state index contributed by atoms with van der Waals surface area (Å²) in [6, 6.07) is 5.81. The molecular formula is C20H20ClN3O2S. The molecule has 0 fully saturated rings. The maximum atomic E-state index is 12.7. The fourth-order valence-corrected chi connectivity index (χ4v) is 4.94. The molecule has 1 aliphatic carbocycles. The fourth-order valence-electron chi connectivity index (χ4n) is 3.68. The van der Waals surface area contributed by atoms with Crippen molar-refractivity contribution in [2.45, 2.75) is 45.7 Å². The highest BCUT2D eigenvalue weighted by Crippen LogP contribution is 2.35. The first-order valence-electron chi connectivity index (χ1n) is 8.97. The monoisotopic (exact) mass is 401 g/mol. The van der Waals surface area contributed by atoms with Gasteiger partial charge in [-0.15, -0.1) is 11.3 Å². The Morgan fingerprint density at radius 1 is 1.41 bits per heavy atom. The van der Waals surface area contributed by atoms with Crippen molar-refractivity contribution in [1.29, 1.82) is 0 Å². The van der Waals surface area contributed by atoms with Crippen LogP contribution < -0.4 is 10.9 Å². The summed E-state index contributed by atoms with van der Waals surface area (Å²) in [6.45, 7) is 4.25. The van der Waals surface area contributed by atoms with E-state index in [1.807, 2.05) is 32.0 Å². The molecule has 1 N–H and O–H groups in total. The van der Waals surface area contributed by atoms with Gasteiger partial charge in [0.2, 0.25) is 5.91 Å². The van der Waals surface area contributed by atoms with Crippen LogP contribution in [0.15, 0.2) is 29.3 Å². The largest absolute Gasteiger partial charge is 0.349 e. The zero-order valence-electron chi connectivity index (χ0n) is 15.2. The highest BCUT2D eigenvalue weighted by atomic mass is 35.5. The number of carbonyl (C=O) groups excluding carboxylic acids is 1. The van der Waals surface area contributed by atoms with Crippen molar-refractivity contribution in [3.63, 3.8) is 0 Å². The molecule has 0 aliphatic heterocycles. The normalized spacial score (nSPS) is 15.9. The van der Waals surface area contributed by atoms with Crippen LogP contribution >= 0.6 is 22.9 Å². The maximum absolute atomic E-state index is 12.7. The number of rotatable bonds is 4. The van der Waals surface area contributed by atoms with Crippen LogP contribution in [0.3, 0.4) is 0 Å². The van der Waals surface area contributed by atoms with Gasteiger partial charge >= 0.3 is 0 Å². The first-order chi connectivity index (χ1) is 13.0. The summed E-state index contributed by atoms with van der Waals surface area (Å²) in [5.74, 6) is -0.0713. The van der Waals surface area contributed by atoms with Gasteiger partial charge in [0, 0.05) is 22.9 Å². The van der Waals surface area contributed by atoms with E-state index in [0.717, 1.165) is 44.3 Å². The predicted octanol–water partition coefficient (Wildman–Crippen LogP) is 3.92. The summed E-state index contributed by atoms with van der Waals surface area (Å²) < 4.78 is 1.53. The summed E-state index contributed by atoms with van der Waals surface area (Å²) in [5.41, 5.74) is 3.12. The van der Waals surface area contributed by atoms with Gasteiger partial charge < -0.3 is 5.32 Å². The molecule has 0 unspecified atom stereocenters. The molecule has 1 atom stereocenters. The van der Waals surface area contributed by atoms with Crippen LogP contribution in [0.4, 0.5) is 0 Å². The van der Waals surface area contributed by atoms with E-state index >= 15 is 0 Å². The highest BCUT2D eigenvalue weighted by Gasteiger charge is 2.25. The Bertz CT molecular complexity index is 1100. The quantitative estimate of drug-likeness (QED) is 0.720. The van der Waals surface area contributed by atoms with Crippen molar-refractivity contribution in [2.75, 3.05) is 0 Å². The van der Waals surface area contributed by atoms with Crippen LogP contribution in [0.1, 0.15) is 40.5 Å². The Morgan fingerprint density at radius 2 is 2.22 bits per heavy atom. The minimum atomic E-state index is -0.0763. The lowest BCUT2D eigenvalue weighted by Crippen LogP contribution is -2.29. The van der Waals surface area contributed by atoms with Crippen LogP contribution in [-0.4, -0.2) is 15.5 Å². The van der Waals surface area contributed by atoms with E-state index in [1.165, 1.54) is 22.2 Å². The number of nitrogens with one attached hydrogen (secondary N) is 1. The number of thiophene rings is 1. The summed E-state index contributed by atoms with van der Waals surface area (Å²) in [4.78, 5) is 31.4. The molecule has 7 heteroatoms. The topological polar surface area (TPSA) is 64.0 Å². The first-order valence-corrected chi connectivity index (χ1v) is 10.2. The number of nitrogens with zero attached hydrogens (tertiary/aromatic N) is 2. The van der Waals surface area contributed by atoms with Gasteiger partial charge in [-0.25, -0.2) is 4.98 Å². The molecule has 0 radical (unpaired) electrons. The highest BCUT2D eigenvalue weighted by molar-refractivity contribution is 7.18. The molecule has 3 aromatic rings. The molecule has 27 heavy (non-hydrogen) atoms. The van der Waals surface area contributed by atoms with Crippen LogP contribution in [0.25, 0.3) is 10.2 Å². The van der Waals surface area contributed by atoms with Crippen molar-refractivity contribution in [3.8, 4) is 0 Å². The number of benzene rings is 1. The van der Waals surface area contributed by atoms with E-state index in [9.17, 15) is 9.59 Å². The van der Waals surface area contributed by atoms with Crippen molar-refractivity contribution in [1.82, 2.24) is 14.9 Å². The summed E-state index contributed by atoms with van der Waals surface area (Å²) in [5, 5.41) is 4.50. The van der Waals surface area contributed by atoms with E-state index in [-0.39, 0.29) is 23.9 Å². The number of carbonyl (C=O) groups is 1. The zero-order valence-corrected chi connectivity index (χ0v) is 16.8. The van der Waals surface area contributed by atoms with Crippen LogP contribution in [0.2, 0.25) is 5.02 Å². The molecule has 2 aromatic heterocycles. The van der Waals surface area contributed by atoms with E-state index in [2.05, 4.69) is 10.3 Å². The Kier molecular flexibility index (Phi) is 4.78. The molecule has 140 valence electrons. The maximum Gasteiger partial charge on any atom is 0.262 e. The second kappa shape index (κ2) is 7.09. The number of aromatic nitrogens is 2. The third kappa shape index (κ3) is 3.28. The molecular weight excluding hydrogens is 382 g/mol. The van der Waals surface area contributed by atoms with Gasteiger partial charge in [0.25, 0.3) is 5.56 Å². The van der Waals surface area contributed by atoms with E-state index in [4.69, 9.17) is 11.6 Å². The summed E-state index contributed by atoms with van der Waals surface area (Å²) in [7, 11) is 0. The first kappa shape index (κ1) is 18.2. The van der Waals surface area contributed by atoms with Crippen LogP contribution in [0.5, 0.6) is 0 Å². The molecule has 0 bridgehead atoms. The lowest BCUT2D eigenvalue weighted by Gasteiger charge is -2.14. The van der Waals surface area contributed by atoms with Crippen LogP contribution in [0, 0.1) is 13.8 Å². The lowest BCUT2D eigenvalue weighted by atomic mass is 10.1. The van der Waals surface area contributed by atoms with Gasteiger partial charge in [0.1, 0.15) is 4.83 Å². The van der Waals surface area contributed by atoms with Crippen molar-refractivity contribution in [2.24, 2.45) is 0 Å². The molecule has 0 saturated carbocycles. The molecule has 1 amide bonds. The second-order valence-electron chi connectivity index (χ2n) is 6.92. The number of aryl methyl sites for hydroxylation is 3. The van der Waals surface area contributed by atoms with Crippen molar-refractivity contribution in [3.05, 3.63) is 61.5 Å². The summed E-state index contributed by atoms with van der Waals surface area (Å²) in [6.07, 6.45) is 3.50. The molecule has 0 spiro atoms. The zero-order chi connectivity index (χ0) is 19.1. The fraction of sp³-hybridized carbons (Fsp3) is 0.350. The van der Waals surface area contributed by atoms with E-state index in [0.29, 0.717) is 11.9 Å². The SMILES string of the molecule is Cc1sc2ncn(CCC(=O)N[C@@H]3CCc4c(Cl)cccc43)c(=O)c2c1C. The smallest absolute Gasteiger partial charge is 0.262 e. The van der Waals surface area contributed by atoms with Gasteiger partial charge in [-0.1, -0.05) is 23.7 Å². The Balaban J connectivity index is 1.46. The average molecular weight is 402 g/mol. The van der Waals surface area contributed by atoms with Gasteiger partial charge in [0.05, 0.1) is 17.8 Å². The Labute approximate surface area is 166 Å². The third-order valence-corrected chi connectivity index (χ3v) is 6.75. The summed E-state index contributed by atoms with van der Waals surface area (Å²) >= 11 is 7.76. The minimum absolute atomic E-state index is 0.00899. The standard InChI is InChI=1S/C20H20ClN3O2S/c1-11-12(2)27-19-18(11)20(26)24(10-22-19)9-8-17(25)23-16-7-6-13-14(16)4-3-5-15(13)21/h3-5,10,16H,6-9H2,1-2H3,(H,23,25)/t16-/m1/s1. The van der Waals surface area contributed by atoms with E-state index in [1.54, 1.807) is 0 Å². The average Bonchev–Trinajstić information content (AvgIpc) is 3.17. The molecule has 1 aliphatic rings. The van der Waals surface area contributed by atoms with Gasteiger partial charge in [-0.2, -0.15) is 0 Å². The second-order valence-corrected chi connectivity index (χ2v) is 8.53. The number of hydrogen-bond acceptors (Lipinski definition) is 4. The van der Waals surface area contributed by atoms with Gasteiger partial charge in [0.15, 0.2) is 0 Å². The van der Waals surface area contributed by atoms with Gasteiger partial charge in [-0.3, -0.25) is 14.2 Å². The lowest BCUT2D eigenvalue weighted by molar-refractivity contribution is -0.122. The number of fused-ring (bicyclic) bond motifs is 2. The Hall–Kier alpha value is -2.18. The number of hydrogen-bond donors (Lipinski definition) is 1. The molecule has 4 rings (SSSR count). The van der Waals surface area contributed by atoms with E-state index < -0.39 is 0 Å². The molecule has 1 aromatic carbocycles. The Morgan fingerprint density at radius 3 is 3.04 bits per heavy atom. The predicted molar refractivity (Wildman–Crippen MR) is 109 cm³/mol. The molecule has 0 saturated heterocycles. The number of amides is 1. The minimum Gasteiger partial charge on any atom is -0.349 e. The molecule has 5 nitrogen and oxygen atoms in total. The van der Waals surface area contributed by atoms with Crippen molar-refractivity contribution < 1.29 is 4.79 Å². The molecule has 2 heterocycles. The third-order valence-electron chi connectivity index (χ3n) is 5.28. The van der Waals surface area contributed by atoms with Crippen LogP contribution in [-0.2, 0) is 17.8 Å². The number of halogens is 1. The van der Waals surface area contributed by atoms with Crippen molar-refractivity contribution >= 4 is 39.1 Å². The van der Waals surface area contributed by atoms with Gasteiger partial charge in [-0.05, 0) is 49.4 Å².